The lowest BCUT2D eigenvalue weighted by Gasteiger charge is -2.09. The Kier molecular flexibility index (Phi) is 3.98. The lowest BCUT2D eigenvalue weighted by Crippen LogP contribution is -2.21. The highest BCUT2D eigenvalue weighted by Gasteiger charge is 2.28. The van der Waals surface area contributed by atoms with Crippen LogP contribution in [0.15, 0.2) is 64.6 Å². The number of nitrogens with zero attached hydrogens (tertiary/aromatic N) is 1. The van der Waals surface area contributed by atoms with Crippen molar-refractivity contribution in [3.05, 3.63) is 65.7 Å². The largest absolute Gasteiger partial charge is 0.391 e. The summed E-state index contributed by atoms with van der Waals surface area (Å²) in [6.45, 7) is 1.93. The molecule has 4 nitrogen and oxygen atoms in total. The van der Waals surface area contributed by atoms with E-state index >= 15 is 0 Å². The van der Waals surface area contributed by atoms with Crippen molar-refractivity contribution < 1.29 is 13.3 Å². The van der Waals surface area contributed by atoms with Crippen molar-refractivity contribution >= 4 is 15.5 Å². The molecule has 0 radical (unpaired) electrons. The Balaban J connectivity index is 1.69. The maximum Gasteiger partial charge on any atom is 0.182 e. The monoisotopic (exact) mass is 315 g/mol. The summed E-state index contributed by atoms with van der Waals surface area (Å²) in [5.41, 5.74) is 2.80. The average Bonchev–Trinajstić information content (AvgIpc) is 2.96. The Morgan fingerprint density at radius 2 is 1.77 bits per heavy atom. The zero-order valence-corrected chi connectivity index (χ0v) is 13.1. The first-order valence-corrected chi connectivity index (χ1v) is 8.77. The van der Waals surface area contributed by atoms with Crippen molar-refractivity contribution in [3.63, 3.8) is 0 Å². The number of hydrogen-bond acceptors (Lipinski definition) is 4. The highest BCUT2D eigenvalue weighted by molar-refractivity contribution is 7.91. The van der Waals surface area contributed by atoms with Crippen LogP contribution in [0.2, 0.25) is 0 Å². The van der Waals surface area contributed by atoms with Gasteiger partial charge in [0.2, 0.25) is 0 Å². The van der Waals surface area contributed by atoms with Gasteiger partial charge in [-0.25, -0.2) is 8.42 Å². The van der Waals surface area contributed by atoms with Gasteiger partial charge in [0, 0.05) is 6.42 Å². The normalized spacial score (nSPS) is 17.9. The van der Waals surface area contributed by atoms with E-state index in [9.17, 15) is 8.42 Å². The molecule has 0 aliphatic carbocycles. The third-order valence-electron chi connectivity index (χ3n) is 3.63. The molecule has 1 atom stereocenters. The zero-order valence-electron chi connectivity index (χ0n) is 12.3. The SMILES string of the molecule is Cc1ccc(S(=O)(=O)C[C@H]2CC(c3ccccc3)=NO2)cc1. The topological polar surface area (TPSA) is 55.7 Å². The van der Waals surface area contributed by atoms with Gasteiger partial charge in [-0.1, -0.05) is 53.2 Å². The van der Waals surface area contributed by atoms with Gasteiger partial charge >= 0.3 is 0 Å². The number of aryl methyl sites for hydroxylation is 1. The number of benzene rings is 2. The summed E-state index contributed by atoms with van der Waals surface area (Å²) in [5.74, 6) is -0.0596. The van der Waals surface area contributed by atoms with Crippen LogP contribution in [-0.2, 0) is 14.7 Å². The van der Waals surface area contributed by atoms with E-state index in [-0.39, 0.29) is 5.75 Å². The third-order valence-corrected chi connectivity index (χ3v) is 5.43. The molecule has 0 spiro atoms. The molecule has 0 bridgehead atoms. The van der Waals surface area contributed by atoms with Crippen molar-refractivity contribution in [2.45, 2.75) is 24.3 Å². The summed E-state index contributed by atoms with van der Waals surface area (Å²) in [7, 11) is -3.36. The minimum Gasteiger partial charge on any atom is -0.391 e. The van der Waals surface area contributed by atoms with Crippen LogP contribution in [-0.4, -0.2) is 26.0 Å². The van der Waals surface area contributed by atoms with Crippen LogP contribution < -0.4 is 0 Å². The number of oxime groups is 1. The fourth-order valence-electron chi connectivity index (χ4n) is 2.41. The number of hydrogen-bond donors (Lipinski definition) is 0. The zero-order chi connectivity index (χ0) is 15.6. The lowest BCUT2D eigenvalue weighted by atomic mass is 10.1. The molecule has 2 aromatic rings. The number of sulfone groups is 1. The van der Waals surface area contributed by atoms with E-state index < -0.39 is 15.9 Å². The quantitative estimate of drug-likeness (QED) is 0.871. The van der Waals surface area contributed by atoms with E-state index in [2.05, 4.69) is 5.16 Å². The molecule has 2 aromatic carbocycles. The van der Waals surface area contributed by atoms with Crippen LogP contribution in [0.4, 0.5) is 0 Å². The lowest BCUT2D eigenvalue weighted by molar-refractivity contribution is 0.102. The van der Waals surface area contributed by atoms with E-state index in [4.69, 9.17) is 4.84 Å². The molecule has 0 amide bonds. The second kappa shape index (κ2) is 5.93. The van der Waals surface area contributed by atoms with Crippen molar-refractivity contribution in [1.29, 1.82) is 0 Å². The Morgan fingerprint density at radius 1 is 1.09 bits per heavy atom. The third kappa shape index (κ3) is 3.20. The van der Waals surface area contributed by atoms with Gasteiger partial charge in [0.25, 0.3) is 0 Å². The Morgan fingerprint density at radius 3 is 2.45 bits per heavy atom. The van der Waals surface area contributed by atoms with E-state index in [1.54, 1.807) is 24.3 Å². The molecule has 0 fully saturated rings. The molecule has 1 aliphatic rings. The molecule has 0 unspecified atom stereocenters. The molecule has 0 saturated carbocycles. The summed E-state index contributed by atoms with van der Waals surface area (Å²) in [5, 5.41) is 4.03. The highest BCUT2D eigenvalue weighted by atomic mass is 32.2. The smallest absolute Gasteiger partial charge is 0.182 e. The first-order valence-electron chi connectivity index (χ1n) is 7.12. The van der Waals surface area contributed by atoms with Crippen LogP contribution >= 0.6 is 0 Å². The first-order chi connectivity index (χ1) is 10.5. The van der Waals surface area contributed by atoms with Gasteiger partial charge in [-0.3, -0.25) is 0 Å². The van der Waals surface area contributed by atoms with Crippen molar-refractivity contribution in [2.75, 3.05) is 5.75 Å². The maximum absolute atomic E-state index is 12.4. The van der Waals surface area contributed by atoms with Crippen molar-refractivity contribution in [3.8, 4) is 0 Å². The second-order valence-corrected chi connectivity index (χ2v) is 7.46. The molecule has 0 aromatic heterocycles. The average molecular weight is 315 g/mol. The Labute approximate surface area is 130 Å². The first kappa shape index (κ1) is 14.8. The Bertz CT molecular complexity index is 780. The van der Waals surface area contributed by atoms with Crippen LogP contribution in [0.5, 0.6) is 0 Å². The molecular weight excluding hydrogens is 298 g/mol. The molecule has 0 saturated heterocycles. The minimum absolute atomic E-state index is 0.0596. The number of rotatable bonds is 4. The van der Waals surface area contributed by atoms with E-state index in [1.807, 2.05) is 37.3 Å². The second-order valence-electron chi connectivity index (χ2n) is 5.43. The van der Waals surface area contributed by atoms with Gasteiger partial charge in [-0.2, -0.15) is 0 Å². The molecule has 22 heavy (non-hydrogen) atoms. The van der Waals surface area contributed by atoms with E-state index in [0.717, 1.165) is 16.8 Å². The van der Waals surface area contributed by atoms with Gasteiger partial charge in [0.15, 0.2) is 9.84 Å². The van der Waals surface area contributed by atoms with Crippen LogP contribution in [0, 0.1) is 6.92 Å². The van der Waals surface area contributed by atoms with Gasteiger partial charge in [0.05, 0.1) is 16.4 Å². The van der Waals surface area contributed by atoms with Gasteiger partial charge < -0.3 is 4.84 Å². The minimum atomic E-state index is -3.36. The van der Waals surface area contributed by atoms with E-state index in [1.165, 1.54) is 0 Å². The highest BCUT2D eigenvalue weighted by Crippen LogP contribution is 2.21. The summed E-state index contributed by atoms with van der Waals surface area (Å²) >= 11 is 0. The maximum atomic E-state index is 12.4. The standard InChI is InChI=1S/C17H17NO3S/c1-13-7-9-16(10-8-13)22(19,20)12-15-11-17(18-21-15)14-5-3-2-4-6-14/h2-10,15H,11-12H2,1H3/t15-/m1/s1. The van der Waals surface area contributed by atoms with Crippen molar-refractivity contribution in [2.24, 2.45) is 5.16 Å². The molecule has 114 valence electrons. The summed E-state index contributed by atoms with van der Waals surface area (Å²) < 4.78 is 24.8. The van der Waals surface area contributed by atoms with Crippen LogP contribution in [0.25, 0.3) is 0 Å². The summed E-state index contributed by atoms with van der Waals surface area (Å²) in [6.07, 6.45) is 0.0799. The molecule has 1 heterocycles. The molecule has 5 heteroatoms. The summed E-state index contributed by atoms with van der Waals surface area (Å²) in [4.78, 5) is 5.64. The van der Waals surface area contributed by atoms with E-state index in [0.29, 0.717) is 11.3 Å². The fraction of sp³-hybridized carbons (Fsp3) is 0.235. The molecular formula is C17H17NO3S. The van der Waals surface area contributed by atoms with Gasteiger partial charge in [-0.05, 0) is 24.6 Å². The fourth-order valence-corrected chi connectivity index (χ4v) is 3.82. The van der Waals surface area contributed by atoms with Gasteiger partial charge in [0.1, 0.15) is 6.10 Å². The van der Waals surface area contributed by atoms with Crippen LogP contribution in [0.3, 0.4) is 0 Å². The molecule has 1 aliphatic heterocycles. The summed E-state index contributed by atoms with van der Waals surface area (Å²) in [6, 6.07) is 16.5. The van der Waals surface area contributed by atoms with Crippen LogP contribution in [0.1, 0.15) is 17.5 Å². The van der Waals surface area contributed by atoms with Crippen molar-refractivity contribution in [1.82, 2.24) is 0 Å². The predicted octanol–water partition coefficient (Wildman–Crippen LogP) is 2.96. The molecule has 0 N–H and O–H groups in total. The van der Waals surface area contributed by atoms with Gasteiger partial charge in [-0.15, -0.1) is 0 Å². The predicted molar refractivity (Wildman–Crippen MR) is 85.7 cm³/mol. The molecule has 3 rings (SSSR count). The Hall–Kier alpha value is -2.14.